The molecule has 2 N–H and O–H groups in total. The second-order valence-corrected chi connectivity index (χ2v) is 7.02. The predicted octanol–water partition coefficient (Wildman–Crippen LogP) is 3.29. The Labute approximate surface area is 166 Å². The fourth-order valence-corrected chi connectivity index (χ4v) is 3.46. The summed E-state index contributed by atoms with van der Waals surface area (Å²) < 4.78 is 11.2. The van der Waals surface area contributed by atoms with E-state index in [2.05, 4.69) is 5.32 Å². The quantitative estimate of drug-likeness (QED) is 0.769. The number of rotatable bonds is 7. The Balaban J connectivity index is 1.64. The lowest BCUT2D eigenvalue weighted by Crippen LogP contribution is -2.40. The fourth-order valence-electron chi connectivity index (χ4n) is 3.46. The number of β-amino-alcohol motifs (C(OH)–C–C–N with tert-alkyl or cyclic N) is 1. The number of carbonyl (C=O) groups excluding carboxylic acids is 1. The average Bonchev–Trinajstić information content (AvgIpc) is 3.14. The molecule has 0 saturated carbocycles. The molecule has 2 amide bonds. The molecule has 150 valence electrons. The number of urea groups is 1. The standard InChI is InChI=1S/C22H28N2O4/c1-3-14-28-20-17(8-7-11-19(20)27-2)15-23-21(25)24-13-12-22(26,16-24)18-9-5-4-6-10-18/h4-11,26H,3,12-16H2,1-2H3,(H,23,25)/t22-/m0/s1. The number of benzene rings is 2. The van der Waals surface area contributed by atoms with Gasteiger partial charge in [-0.1, -0.05) is 49.4 Å². The zero-order valence-electron chi connectivity index (χ0n) is 16.5. The van der Waals surface area contributed by atoms with Crippen LogP contribution in [0.1, 0.15) is 30.9 Å². The maximum Gasteiger partial charge on any atom is 0.317 e. The molecule has 1 saturated heterocycles. The van der Waals surface area contributed by atoms with E-state index in [-0.39, 0.29) is 12.6 Å². The number of nitrogens with one attached hydrogen (secondary N) is 1. The van der Waals surface area contributed by atoms with Gasteiger partial charge >= 0.3 is 6.03 Å². The summed E-state index contributed by atoms with van der Waals surface area (Å²) in [6.45, 7) is 3.74. The van der Waals surface area contributed by atoms with Crippen molar-refractivity contribution in [1.29, 1.82) is 0 Å². The third-order valence-electron chi connectivity index (χ3n) is 5.01. The van der Waals surface area contributed by atoms with Crippen LogP contribution in [0.4, 0.5) is 4.79 Å². The second-order valence-electron chi connectivity index (χ2n) is 7.02. The minimum absolute atomic E-state index is 0.198. The van der Waals surface area contributed by atoms with Gasteiger partial charge in [-0.25, -0.2) is 4.79 Å². The van der Waals surface area contributed by atoms with Crippen molar-refractivity contribution in [3.8, 4) is 11.5 Å². The van der Waals surface area contributed by atoms with E-state index in [0.717, 1.165) is 17.5 Å². The lowest BCUT2D eigenvalue weighted by molar-refractivity contribution is 0.0494. The predicted molar refractivity (Wildman–Crippen MR) is 108 cm³/mol. The van der Waals surface area contributed by atoms with Crippen molar-refractivity contribution in [3.63, 3.8) is 0 Å². The summed E-state index contributed by atoms with van der Waals surface area (Å²) in [5, 5.41) is 13.9. The van der Waals surface area contributed by atoms with Crippen molar-refractivity contribution < 1.29 is 19.4 Å². The molecule has 0 spiro atoms. The highest BCUT2D eigenvalue weighted by atomic mass is 16.5. The number of methoxy groups -OCH3 is 1. The molecule has 6 heteroatoms. The summed E-state index contributed by atoms with van der Waals surface area (Å²) in [6, 6.07) is 14.9. The molecule has 1 atom stereocenters. The molecule has 3 rings (SSSR count). The minimum atomic E-state index is -0.996. The van der Waals surface area contributed by atoms with E-state index in [4.69, 9.17) is 9.47 Å². The lowest BCUT2D eigenvalue weighted by atomic mass is 9.93. The van der Waals surface area contributed by atoms with Crippen molar-refractivity contribution in [2.45, 2.75) is 31.9 Å². The minimum Gasteiger partial charge on any atom is -0.493 e. The SMILES string of the molecule is CCCOc1c(CNC(=O)N2CC[C@@](O)(c3ccccc3)C2)cccc1OC. The third kappa shape index (κ3) is 4.39. The smallest absolute Gasteiger partial charge is 0.317 e. The number of carbonyl (C=O) groups is 1. The van der Waals surface area contributed by atoms with E-state index in [1.807, 2.05) is 55.5 Å². The van der Waals surface area contributed by atoms with Gasteiger partial charge in [0.1, 0.15) is 5.60 Å². The van der Waals surface area contributed by atoms with Crippen molar-refractivity contribution >= 4 is 6.03 Å². The number of likely N-dealkylation sites (tertiary alicyclic amines) is 1. The van der Waals surface area contributed by atoms with Gasteiger partial charge in [0.05, 0.1) is 20.3 Å². The molecule has 6 nitrogen and oxygen atoms in total. The van der Waals surface area contributed by atoms with Gasteiger partial charge in [0, 0.05) is 18.7 Å². The average molecular weight is 384 g/mol. The molecule has 0 bridgehead atoms. The van der Waals surface area contributed by atoms with Gasteiger partial charge in [-0.3, -0.25) is 0 Å². The van der Waals surface area contributed by atoms with Crippen molar-refractivity contribution in [2.75, 3.05) is 26.8 Å². The summed E-state index contributed by atoms with van der Waals surface area (Å²) in [6.07, 6.45) is 1.41. The number of nitrogens with zero attached hydrogens (tertiary/aromatic N) is 1. The Morgan fingerprint density at radius 1 is 1.21 bits per heavy atom. The summed E-state index contributed by atoms with van der Waals surface area (Å²) in [5.41, 5.74) is 0.705. The number of ether oxygens (including phenoxy) is 2. The number of amides is 2. The van der Waals surface area contributed by atoms with Crippen LogP contribution < -0.4 is 14.8 Å². The van der Waals surface area contributed by atoms with E-state index in [9.17, 15) is 9.90 Å². The zero-order valence-corrected chi connectivity index (χ0v) is 16.5. The second kappa shape index (κ2) is 8.97. The number of hydrogen-bond donors (Lipinski definition) is 2. The van der Waals surface area contributed by atoms with E-state index in [0.29, 0.717) is 37.6 Å². The van der Waals surface area contributed by atoms with Crippen molar-refractivity contribution in [3.05, 3.63) is 59.7 Å². The first-order valence-electron chi connectivity index (χ1n) is 9.66. The third-order valence-corrected chi connectivity index (χ3v) is 5.01. The molecule has 0 aliphatic carbocycles. The molecule has 2 aromatic rings. The Morgan fingerprint density at radius 2 is 2.00 bits per heavy atom. The molecule has 1 fully saturated rings. The highest BCUT2D eigenvalue weighted by Gasteiger charge is 2.39. The maximum atomic E-state index is 12.6. The van der Waals surface area contributed by atoms with Crippen LogP contribution >= 0.6 is 0 Å². The van der Waals surface area contributed by atoms with Crippen LogP contribution in [0.15, 0.2) is 48.5 Å². The Morgan fingerprint density at radius 3 is 2.71 bits per heavy atom. The number of para-hydroxylation sites is 1. The molecule has 1 aliphatic rings. The Hall–Kier alpha value is -2.73. The van der Waals surface area contributed by atoms with Crippen LogP contribution in [0.3, 0.4) is 0 Å². The van der Waals surface area contributed by atoms with Gasteiger partial charge in [-0.15, -0.1) is 0 Å². The van der Waals surface area contributed by atoms with E-state index < -0.39 is 5.60 Å². The molecule has 1 heterocycles. The first-order valence-corrected chi connectivity index (χ1v) is 9.66. The van der Waals surface area contributed by atoms with Crippen molar-refractivity contribution in [1.82, 2.24) is 10.2 Å². The van der Waals surface area contributed by atoms with Gasteiger partial charge < -0.3 is 24.8 Å². The fraction of sp³-hybridized carbons (Fsp3) is 0.409. The topological polar surface area (TPSA) is 71.0 Å². The molecule has 0 radical (unpaired) electrons. The molecule has 28 heavy (non-hydrogen) atoms. The van der Waals surface area contributed by atoms with E-state index >= 15 is 0 Å². The normalized spacial score (nSPS) is 18.8. The van der Waals surface area contributed by atoms with Crippen LogP contribution in [0, 0.1) is 0 Å². The first-order chi connectivity index (χ1) is 13.6. The van der Waals surface area contributed by atoms with Crippen LogP contribution in [0.25, 0.3) is 0 Å². The number of aliphatic hydroxyl groups is 1. The summed E-state index contributed by atoms with van der Waals surface area (Å²) in [7, 11) is 1.60. The monoisotopic (exact) mass is 384 g/mol. The highest BCUT2D eigenvalue weighted by Crippen LogP contribution is 2.33. The summed E-state index contributed by atoms with van der Waals surface area (Å²) in [4.78, 5) is 14.3. The highest BCUT2D eigenvalue weighted by molar-refractivity contribution is 5.75. The van der Waals surface area contributed by atoms with E-state index in [1.165, 1.54) is 0 Å². The van der Waals surface area contributed by atoms with Gasteiger partial charge in [0.15, 0.2) is 11.5 Å². The number of hydrogen-bond acceptors (Lipinski definition) is 4. The van der Waals surface area contributed by atoms with Crippen LogP contribution in [0.2, 0.25) is 0 Å². The summed E-state index contributed by atoms with van der Waals surface area (Å²) >= 11 is 0. The first kappa shape index (κ1) is 20.0. The van der Waals surface area contributed by atoms with Crippen LogP contribution in [-0.2, 0) is 12.1 Å². The van der Waals surface area contributed by atoms with Gasteiger partial charge in [0.2, 0.25) is 0 Å². The lowest BCUT2D eigenvalue weighted by Gasteiger charge is -2.24. The van der Waals surface area contributed by atoms with E-state index in [1.54, 1.807) is 12.0 Å². The van der Waals surface area contributed by atoms with Gasteiger partial charge in [-0.05, 0) is 24.5 Å². The van der Waals surface area contributed by atoms with Crippen LogP contribution in [-0.4, -0.2) is 42.8 Å². The maximum absolute atomic E-state index is 12.6. The van der Waals surface area contributed by atoms with Crippen molar-refractivity contribution in [2.24, 2.45) is 0 Å². The van der Waals surface area contributed by atoms with Gasteiger partial charge in [-0.2, -0.15) is 0 Å². The molecule has 2 aromatic carbocycles. The van der Waals surface area contributed by atoms with Crippen LogP contribution in [0.5, 0.6) is 11.5 Å². The molecular formula is C22H28N2O4. The molecule has 1 aliphatic heterocycles. The summed E-state index contributed by atoms with van der Waals surface area (Å²) in [5.74, 6) is 1.31. The van der Waals surface area contributed by atoms with Gasteiger partial charge in [0.25, 0.3) is 0 Å². The Kier molecular flexibility index (Phi) is 6.41. The molecule has 0 aromatic heterocycles. The largest absolute Gasteiger partial charge is 0.493 e. The Bertz CT molecular complexity index is 796. The molecule has 0 unspecified atom stereocenters. The molecular weight excluding hydrogens is 356 g/mol. The zero-order chi connectivity index (χ0) is 20.0.